The van der Waals surface area contributed by atoms with Crippen LogP contribution in [0.3, 0.4) is 0 Å². The summed E-state index contributed by atoms with van der Waals surface area (Å²) in [5, 5.41) is 12.5. The first-order valence-electron chi connectivity index (χ1n) is 6.76. The van der Waals surface area contributed by atoms with Gasteiger partial charge in [0, 0.05) is 11.6 Å². The Balaban J connectivity index is 1.86. The van der Waals surface area contributed by atoms with Crippen molar-refractivity contribution < 1.29 is 18.4 Å². The first-order valence-corrected chi connectivity index (χ1v) is 7.75. The lowest BCUT2D eigenvalue weighted by Crippen LogP contribution is -2.43. The molecule has 0 radical (unpaired) electrons. The summed E-state index contributed by atoms with van der Waals surface area (Å²) in [4.78, 5) is 23.0. The van der Waals surface area contributed by atoms with E-state index in [2.05, 4.69) is 20.8 Å². The molecule has 0 fully saturated rings. The lowest BCUT2D eigenvalue weighted by molar-refractivity contribution is -0.117. The number of nitrogens with zero attached hydrogens (tertiary/aromatic N) is 2. The van der Waals surface area contributed by atoms with Crippen LogP contribution >= 0.6 is 11.8 Å². The second-order valence-electron chi connectivity index (χ2n) is 4.85. The minimum atomic E-state index is -0.553. The van der Waals surface area contributed by atoms with Gasteiger partial charge in [-0.25, -0.2) is 9.18 Å². The SMILES string of the molecule is CC(C)NC(=O)NC(=O)CSc1nnc(-c2ccc(F)cc2)o1. The Morgan fingerprint density at radius 2 is 1.96 bits per heavy atom. The molecule has 0 unspecified atom stereocenters. The monoisotopic (exact) mass is 338 g/mol. The maximum absolute atomic E-state index is 12.9. The summed E-state index contributed by atoms with van der Waals surface area (Å²) >= 11 is 1.00. The summed E-state index contributed by atoms with van der Waals surface area (Å²) in [6, 6.07) is 4.98. The topological polar surface area (TPSA) is 97.1 Å². The number of carbonyl (C=O) groups excluding carboxylic acids is 2. The maximum atomic E-state index is 12.9. The average molecular weight is 338 g/mol. The van der Waals surface area contributed by atoms with Crippen molar-refractivity contribution in [1.29, 1.82) is 0 Å². The first-order chi connectivity index (χ1) is 10.9. The number of thioether (sulfide) groups is 1. The zero-order valence-corrected chi connectivity index (χ0v) is 13.3. The fraction of sp³-hybridized carbons (Fsp3) is 0.286. The summed E-state index contributed by atoms with van der Waals surface area (Å²) in [6.07, 6.45) is 0. The summed E-state index contributed by atoms with van der Waals surface area (Å²) in [5.74, 6) is -0.657. The Morgan fingerprint density at radius 3 is 2.61 bits per heavy atom. The van der Waals surface area contributed by atoms with E-state index >= 15 is 0 Å². The van der Waals surface area contributed by atoms with Crippen molar-refractivity contribution in [2.75, 3.05) is 5.75 Å². The highest BCUT2D eigenvalue weighted by molar-refractivity contribution is 7.99. The van der Waals surface area contributed by atoms with Crippen molar-refractivity contribution in [2.24, 2.45) is 0 Å². The zero-order valence-electron chi connectivity index (χ0n) is 12.5. The summed E-state index contributed by atoms with van der Waals surface area (Å²) in [5.41, 5.74) is 0.575. The average Bonchev–Trinajstić information content (AvgIpc) is 2.94. The largest absolute Gasteiger partial charge is 0.411 e. The first kappa shape index (κ1) is 16.9. The van der Waals surface area contributed by atoms with Crippen LogP contribution in [0.25, 0.3) is 11.5 Å². The normalized spacial score (nSPS) is 10.6. The van der Waals surface area contributed by atoms with Crippen LogP contribution in [0, 0.1) is 5.82 Å². The molecule has 122 valence electrons. The van der Waals surface area contributed by atoms with Crippen LogP contribution in [0.2, 0.25) is 0 Å². The van der Waals surface area contributed by atoms with E-state index in [-0.39, 0.29) is 28.7 Å². The van der Waals surface area contributed by atoms with Crippen molar-refractivity contribution in [3.8, 4) is 11.5 Å². The Labute approximate surface area is 136 Å². The Morgan fingerprint density at radius 1 is 1.26 bits per heavy atom. The van der Waals surface area contributed by atoms with Gasteiger partial charge >= 0.3 is 6.03 Å². The molecule has 2 N–H and O–H groups in total. The molecule has 0 saturated heterocycles. The Kier molecular flexibility index (Phi) is 5.69. The molecule has 0 aliphatic rings. The van der Waals surface area contributed by atoms with Crippen LogP contribution < -0.4 is 10.6 Å². The van der Waals surface area contributed by atoms with Crippen molar-refractivity contribution in [3.05, 3.63) is 30.1 Å². The van der Waals surface area contributed by atoms with Gasteiger partial charge in [0.1, 0.15) is 5.82 Å². The van der Waals surface area contributed by atoms with E-state index in [1.165, 1.54) is 24.3 Å². The molecule has 0 atom stereocenters. The van der Waals surface area contributed by atoms with E-state index in [1.54, 1.807) is 13.8 Å². The molecule has 2 aromatic rings. The smallest absolute Gasteiger partial charge is 0.321 e. The van der Waals surface area contributed by atoms with Gasteiger partial charge in [0.2, 0.25) is 11.8 Å². The van der Waals surface area contributed by atoms with Crippen LogP contribution in [0.1, 0.15) is 13.8 Å². The van der Waals surface area contributed by atoms with E-state index in [0.29, 0.717) is 5.56 Å². The van der Waals surface area contributed by atoms with Crippen LogP contribution in [0.15, 0.2) is 33.9 Å². The number of imide groups is 1. The van der Waals surface area contributed by atoms with Crippen molar-refractivity contribution in [1.82, 2.24) is 20.8 Å². The molecule has 0 aliphatic heterocycles. The fourth-order valence-electron chi connectivity index (χ4n) is 1.57. The van der Waals surface area contributed by atoms with E-state index in [4.69, 9.17) is 4.42 Å². The van der Waals surface area contributed by atoms with Gasteiger partial charge in [-0.15, -0.1) is 10.2 Å². The van der Waals surface area contributed by atoms with Gasteiger partial charge in [-0.2, -0.15) is 0 Å². The molecule has 3 amide bonds. The van der Waals surface area contributed by atoms with Crippen molar-refractivity contribution in [2.45, 2.75) is 25.1 Å². The summed E-state index contributed by atoms with van der Waals surface area (Å²) < 4.78 is 18.2. The van der Waals surface area contributed by atoms with E-state index in [1.807, 2.05) is 0 Å². The van der Waals surface area contributed by atoms with Gasteiger partial charge in [0.25, 0.3) is 5.22 Å². The molecule has 0 aliphatic carbocycles. The third-order valence-corrected chi connectivity index (χ3v) is 3.32. The molecule has 1 heterocycles. The summed E-state index contributed by atoms with van der Waals surface area (Å²) in [7, 11) is 0. The number of nitrogens with one attached hydrogen (secondary N) is 2. The third kappa shape index (κ3) is 5.37. The number of benzene rings is 1. The van der Waals surface area contributed by atoms with Gasteiger partial charge in [0.05, 0.1) is 5.75 Å². The predicted octanol–water partition coefficient (Wildman–Crippen LogP) is 2.20. The van der Waals surface area contributed by atoms with Crippen molar-refractivity contribution in [3.63, 3.8) is 0 Å². The Bertz CT molecular complexity index is 688. The lowest BCUT2D eigenvalue weighted by Gasteiger charge is -2.08. The minimum absolute atomic E-state index is 0.0451. The molecule has 7 nitrogen and oxygen atoms in total. The number of carbonyl (C=O) groups is 2. The molecule has 1 aromatic carbocycles. The van der Waals surface area contributed by atoms with Gasteiger partial charge < -0.3 is 9.73 Å². The molecule has 0 bridgehead atoms. The van der Waals surface area contributed by atoms with Gasteiger partial charge in [0.15, 0.2) is 0 Å². The number of amides is 3. The van der Waals surface area contributed by atoms with Crippen LogP contribution in [0.5, 0.6) is 0 Å². The van der Waals surface area contributed by atoms with Crippen LogP contribution in [-0.4, -0.2) is 33.9 Å². The molecule has 1 aromatic heterocycles. The number of halogens is 1. The highest BCUT2D eigenvalue weighted by Crippen LogP contribution is 2.23. The minimum Gasteiger partial charge on any atom is -0.411 e. The van der Waals surface area contributed by atoms with E-state index in [0.717, 1.165) is 11.8 Å². The van der Waals surface area contributed by atoms with Crippen molar-refractivity contribution >= 4 is 23.7 Å². The van der Waals surface area contributed by atoms with Gasteiger partial charge in [-0.3, -0.25) is 10.1 Å². The number of aromatic nitrogens is 2. The Hall–Kier alpha value is -2.42. The van der Waals surface area contributed by atoms with Gasteiger partial charge in [-0.1, -0.05) is 11.8 Å². The number of hydrogen-bond acceptors (Lipinski definition) is 6. The highest BCUT2D eigenvalue weighted by Gasteiger charge is 2.13. The van der Waals surface area contributed by atoms with Gasteiger partial charge in [-0.05, 0) is 38.1 Å². The molecular formula is C14H15FN4O3S. The standard InChI is InChI=1S/C14H15FN4O3S/c1-8(2)16-13(21)17-11(20)7-23-14-19-18-12(22-14)9-3-5-10(15)6-4-9/h3-6,8H,7H2,1-2H3,(H2,16,17,20,21). The molecular weight excluding hydrogens is 323 g/mol. The zero-order chi connectivity index (χ0) is 16.8. The summed E-state index contributed by atoms with van der Waals surface area (Å²) in [6.45, 7) is 3.57. The van der Waals surface area contributed by atoms with Crippen LogP contribution in [0.4, 0.5) is 9.18 Å². The molecule has 9 heteroatoms. The number of rotatable bonds is 5. The predicted molar refractivity (Wildman–Crippen MR) is 82.2 cm³/mol. The fourth-order valence-corrected chi connectivity index (χ4v) is 2.13. The quantitative estimate of drug-likeness (QED) is 0.811. The number of urea groups is 1. The number of hydrogen-bond donors (Lipinski definition) is 2. The second kappa shape index (κ2) is 7.73. The van der Waals surface area contributed by atoms with E-state index < -0.39 is 11.9 Å². The molecule has 23 heavy (non-hydrogen) atoms. The highest BCUT2D eigenvalue weighted by atomic mass is 32.2. The molecule has 2 rings (SSSR count). The van der Waals surface area contributed by atoms with E-state index in [9.17, 15) is 14.0 Å². The third-order valence-electron chi connectivity index (χ3n) is 2.50. The maximum Gasteiger partial charge on any atom is 0.321 e. The van der Waals surface area contributed by atoms with Crippen LogP contribution in [-0.2, 0) is 4.79 Å². The lowest BCUT2D eigenvalue weighted by atomic mass is 10.2. The second-order valence-corrected chi connectivity index (χ2v) is 5.77. The molecule has 0 saturated carbocycles. The molecule has 0 spiro atoms.